The lowest BCUT2D eigenvalue weighted by atomic mass is 10.0. The first kappa shape index (κ1) is 85.9. The maximum absolute atomic E-state index is 14.7. The highest BCUT2D eigenvalue weighted by Crippen LogP contribution is 2.29. The van der Waals surface area contributed by atoms with Crippen LogP contribution in [0.2, 0.25) is 0 Å². The molecule has 0 bridgehead atoms. The van der Waals surface area contributed by atoms with Crippen molar-refractivity contribution in [2.24, 2.45) is 34.0 Å². The standard InChI is InChI=1S/C69H104N14O17S3/c1-4-5-7-16-59(87)74-35-51(67(97)83-21-11-15-56(83)68(98)82-20-10-14-55(82)63(72)93)43-102-41-49-31-48(40-101-30-19-73-60(88)37-79-24-28-80(38-61(89)90)26-22-78(36-58(71)86)23-27-81(29-25-79)39-62(91)92)32-50(33-49)42-103-44-54(69(99)100)77-66(96)53(34-47-12-8-6-9-13-47)76-65(95)52(17-18-57(70)85)75-64(94)45(2)46(3)84/h6,8-9,12-13,31-33,35,45-46,51-56,84H,4-5,7,10-11,14-30,34,36-44H2,1-3H3,(H2,70,85)(H2,71,86)(H2,72,93)(H,73,88)(H,75,94)(H,76,95)(H,77,96)(H,89,90)(H,91,92)(H,99,100)/t45-,46+,51?,52-,53-,54?,55-,56-/m0/s1. The van der Waals surface area contributed by atoms with Gasteiger partial charge in [0.2, 0.25) is 59.1 Å². The molecule has 0 aromatic heterocycles. The summed E-state index contributed by atoms with van der Waals surface area (Å²) >= 11 is 4.12. The number of amides is 10. The summed E-state index contributed by atoms with van der Waals surface area (Å²) in [6, 6.07) is 8.65. The number of aliphatic hydroxyl groups excluding tert-OH is 1. The lowest BCUT2D eigenvalue weighted by Crippen LogP contribution is -2.57. The van der Waals surface area contributed by atoms with Gasteiger partial charge in [-0.25, -0.2) is 9.79 Å². The van der Waals surface area contributed by atoms with E-state index in [1.807, 2.05) is 30.0 Å². The van der Waals surface area contributed by atoms with E-state index >= 15 is 0 Å². The van der Waals surface area contributed by atoms with E-state index in [1.165, 1.54) is 65.1 Å². The summed E-state index contributed by atoms with van der Waals surface area (Å²) in [5.74, 6) is -9.65. The molecule has 0 aliphatic carbocycles. The first-order valence-electron chi connectivity index (χ1n) is 34.9. The normalized spacial score (nSPS) is 18.4. The topological polar surface area (TPSA) is 461 Å². The van der Waals surface area contributed by atoms with Gasteiger partial charge in [-0.05, 0) is 67.7 Å². The second kappa shape index (κ2) is 45.5. The third kappa shape index (κ3) is 31.6. The van der Waals surface area contributed by atoms with Crippen molar-refractivity contribution in [3.63, 3.8) is 0 Å². The molecular formula is C69H104N14O17S3. The number of carboxylic acid groups (broad SMARTS) is 3. The SMILES string of the molecule is CCCCCC(=O)N=CC(CSCc1cc(CSCCNC(=O)CN2CCN(CC(=O)O)CCN(CC(N)=O)CCN(CC(=O)O)CC2)cc(CSCC(NC(=O)[C@H](Cc2ccccc2)NC(=O)[C@H](CCC(N)=O)NC(=O)[C@@H](C)[C@@H](C)O)C(=O)O)c1)C(=O)N1CCC[C@H]1C(=O)N1CCC[C@H]1C(N)=O. The van der Waals surface area contributed by atoms with Crippen molar-refractivity contribution in [2.45, 2.75) is 145 Å². The maximum atomic E-state index is 14.7. The van der Waals surface area contributed by atoms with Crippen molar-refractivity contribution >= 4 is 118 Å². The van der Waals surface area contributed by atoms with Gasteiger partial charge in [-0.2, -0.15) is 35.3 Å². The highest BCUT2D eigenvalue weighted by Gasteiger charge is 2.43. The zero-order valence-electron chi connectivity index (χ0n) is 59.1. The van der Waals surface area contributed by atoms with Crippen molar-refractivity contribution < 1.29 is 82.8 Å². The molecule has 3 saturated heterocycles. The largest absolute Gasteiger partial charge is 0.480 e. The van der Waals surface area contributed by atoms with E-state index in [1.54, 1.807) is 45.0 Å². The van der Waals surface area contributed by atoms with Gasteiger partial charge in [0, 0.05) is 132 Å². The Morgan fingerprint density at radius 3 is 1.63 bits per heavy atom. The number of aliphatic hydroxyl groups is 1. The molecule has 2 aromatic carbocycles. The van der Waals surface area contributed by atoms with E-state index in [0.29, 0.717) is 74.6 Å². The molecule has 3 aliphatic heterocycles. The zero-order chi connectivity index (χ0) is 75.5. The molecule has 14 N–H and O–H groups in total. The van der Waals surface area contributed by atoms with Crippen molar-refractivity contribution in [1.82, 2.24) is 50.7 Å². The minimum absolute atomic E-state index is 0.0643. The Bertz CT molecular complexity index is 3200. The molecule has 3 aliphatic rings. The summed E-state index contributed by atoms with van der Waals surface area (Å²) in [6.45, 7) is 7.23. The number of thioether (sulfide) groups is 3. The van der Waals surface area contributed by atoms with Crippen LogP contribution in [-0.4, -0.2) is 285 Å². The van der Waals surface area contributed by atoms with Gasteiger partial charge in [0.25, 0.3) is 0 Å². The zero-order valence-corrected chi connectivity index (χ0v) is 61.6. The van der Waals surface area contributed by atoms with E-state index in [9.17, 15) is 82.8 Å². The van der Waals surface area contributed by atoms with Crippen LogP contribution < -0.4 is 38.5 Å². The molecule has 3 fully saturated rings. The molecule has 34 heteroatoms. The van der Waals surface area contributed by atoms with Crippen molar-refractivity contribution in [3.8, 4) is 0 Å². The Balaban J connectivity index is 1.35. The smallest absolute Gasteiger partial charge is 0.327 e. The number of aliphatic imine (C=N–C) groups is 1. The predicted molar refractivity (Wildman–Crippen MR) is 391 cm³/mol. The molecular weight excluding hydrogens is 1390 g/mol. The highest BCUT2D eigenvalue weighted by atomic mass is 32.2. The number of aliphatic carboxylic acids is 3. The van der Waals surface area contributed by atoms with Gasteiger partial charge in [-0.3, -0.25) is 77.1 Å². The number of hydrogen-bond donors (Lipinski definition) is 11. The number of benzene rings is 2. The summed E-state index contributed by atoms with van der Waals surface area (Å²) < 4.78 is 0. The van der Waals surface area contributed by atoms with Crippen LogP contribution >= 0.6 is 35.3 Å². The number of nitrogens with one attached hydrogen (secondary N) is 4. The Morgan fingerprint density at radius 2 is 1.10 bits per heavy atom. The maximum Gasteiger partial charge on any atom is 0.327 e. The van der Waals surface area contributed by atoms with E-state index in [4.69, 9.17) is 17.2 Å². The Labute approximate surface area is 614 Å². The van der Waals surface area contributed by atoms with Crippen LogP contribution in [0.3, 0.4) is 0 Å². The average Bonchev–Trinajstić information content (AvgIpc) is 1.68. The number of carboxylic acids is 3. The van der Waals surface area contributed by atoms with Gasteiger partial charge in [0.15, 0.2) is 0 Å². The number of carbonyl (C=O) groups excluding carboxylic acids is 10. The predicted octanol–water partition coefficient (Wildman–Crippen LogP) is -0.296. The molecule has 2 aromatic rings. The van der Waals surface area contributed by atoms with Gasteiger partial charge >= 0.3 is 17.9 Å². The number of carbonyl (C=O) groups is 13. The van der Waals surface area contributed by atoms with Gasteiger partial charge in [0.1, 0.15) is 30.2 Å². The number of nitrogens with zero attached hydrogens (tertiary/aromatic N) is 7. The Kier molecular flexibility index (Phi) is 37.9. The number of unbranched alkanes of at least 4 members (excludes halogenated alkanes) is 2. The Hall–Kier alpha value is -7.73. The molecule has 10 amide bonds. The lowest BCUT2D eigenvalue weighted by Gasteiger charge is -2.33. The number of rotatable bonds is 42. The monoisotopic (exact) mass is 1500 g/mol. The summed E-state index contributed by atoms with van der Waals surface area (Å²) in [4.78, 5) is 184. The van der Waals surface area contributed by atoms with Gasteiger partial charge < -0.3 is 68.7 Å². The highest BCUT2D eigenvalue weighted by molar-refractivity contribution is 7.99. The van der Waals surface area contributed by atoms with E-state index < -0.39 is 101 Å². The van der Waals surface area contributed by atoms with E-state index in [2.05, 4.69) is 26.3 Å². The number of nitrogens with two attached hydrogens (primary N) is 3. The van der Waals surface area contributed by atoms with E-state index in [0.717, 1.165) is 29.5 Å². The van der Waals surface area contributed by atoms with Gasteiger partial charge in [0.05, 0.1) is 44.1 Å². The minimum Gasteiger partial charge on any atom is -0.480 e. The molecule has 0 spiro atoms. The molecule has 31 nitrogen and oxygen atoms in total. The molecule has 8 atom stereocenters. The molecule has 2 unspecified atom stereocenters. The fraction of sp³-hybridized carbons (Fsp3) is 0.623. The second-order valence-electron chi connectivity index (χ2n) is 26.2. The summed E-state index contributed by atoms with van der Waals surface area (Å²) in [5, 5.41) is 50.8. The molecule has 0 radical (unpaired) electrons. The summed E-state index contributed by atoms with van der Waals surface area (Å²) in [7, 11) is 0. The van der Waals surface area contributed by atoms with Crippen LogP contribution in [0, 0.1) is 11.8 Å². The number of likely N-dealkylation sites (tertiary alicyclic amines) is 2. The van der Waals surface area contributed by atoms with E-state index in [-0.39, 0.29) is 145 Å². The third-order valence-electron chi connectivity index (χ3n) is 17.8. The van der Waals surface area contributed by atoms with Crippen LogP contribution in [0.4, 0.5) is 0 Å². The Morgan fingerprint density at radius 1 is 0.583 bits per heavy atom. The van der Waals surface area contributed by atoms with Crippen molar-refractivity contribution in [2.75, 3.05) is 115 Å². The minimum atomic E-state index is -1.48. The quantitative estimate of drug-likeness (QED) is 0.0300. The second-order valence-corrected chi connectivity index (χ2v) is 29.4. The molecule has 3 heterocycles. The number of primary amides is 3. The first-order chi connectivity index (χ1) is 49.1. The lowest BCUT2D eigenvalue weighted by molar-refractivity contribution is -0.146. The summed E-state index contributed by atoms with van der Waals surface area (Å²) in [5.41, 5.74) is 19.6. The van der Waals surface area contributed by atoms with Crippen LogP contribution in [-0.2, 0) is 86.0 Å². The van der Waals surface area contributed by atoms with Crippen molar-refractivity contribution in [1.29, 1.82) is 0 Å². The van der Waals surface area contributed by atoms with Crippen molar-refractivity contribution in [3.05, 3.63) is 70.8 Å². The molecule has 103 heavy (non-hydrogen) atoms. The molecule has 0 saturated carbocycles. The van der Waals surface area contributed by atoms with Crippen LogP contribution in [0.1, 0.15) is 107 Å². The number of hydrogen-bond acceptors (Lipinski definition) is 21. The summed E-state index contributed by atoms with van der Waals surface area (Å²) in [6.07, 6.45) is 4.10. The van der Waals surface area contributed by atoms with Gasteiger partial charge in [-0.15, -0.1) is 0 Å². The fourth-order valence-corrected chi connectivity index (χ4v) is 14.8. The first-order valence-corrected chi connectivity index (χ1v) is 38.4. The fourth-order valence-electron chi connectivity index (χ4n) is 12.0. The molecule has 570 valence electrons. The molecule has 5 rings (SSSR count). The van der Waals surface area contributed by atoms with Crippen LogP contribution in [0.5, 0.6) is 0 Å². The van der Waals surface area contributed by atoms with Gasteiger partial charge in [-0.1, -0.05) is 75.2 Å². The van der Waals surface area contributed by atoms with Crippen LogP contribution in [0.25, 0.3) is 0 Å². The van der Waals surface area contributed by atoms with Crippen LogP contribution in [0.15, 0.2) is 53.5 Å². The third-order valence-corrected chi connectivity index (χ3v) is 21.1. The average molecular weight is 1500 g/mol.